The Hall–Kier alpha value is -2.64. The second-order valence-electron chi connectivity index (χ2n) is 7.87. The summed E-state index contributed by atoms with van der Waals surface area (Å²) in [5.41, 5.74) is 3.69. The van der Waals surface area contributed by atoms with E-state index in [4.69, 9.17) is 9.39 Å². The fraction of sp³-hybridized carbons (Fsp3) is 0.391. The minimum Gasteiger partial charge on any atom is -0.459 e. The quantitative estimate of drug-likeness (QED) is 0.517. The van der Waals surface area contributed by atoms with Crippen LogP contribution in [0.25, 0.3) is 0 Å². The molecule has 0 aromatic heterocycles. The highest BCUT2D eigenvalue weighted by Gasteiger charge is 2.33. The molecule has 1 aliphatic rings. The molecule has 7 heteroatoms. The Bertz CT molecular complexity index is 900. The van der Waals surface area contributed by atoms with E-state index in [1.807, 2.05) is 51.1 Å². The first-order valence-electron chi connectivity index (χ1n) is 10.4. The number of ether oxygens (including phenoxy) is 1. The number of amides is 1. The highest BCUT2D eigenvalue weighted by atomic mass is 16.5. The molecule has 1 aliphatic heterocycles. The van der Waals surface area contributed by atoms with Crippen molar-refractivity contribution >= 4 is 24.5 Å². The molecule has 0 bridgehead atoms. The maximum absolute atomic E-state index is 13.1. The van der Waals surface area contributed by atoms with Crippen molar-refractivity contribution in [3.8, 4) is 0 Å². The first kappa shape index (κ1) is 22.1. The van der Waals surface area contributed by atoms with E-state index in [0.717, 1.165) is 23.1 Å². The van der Waals surface area contributed by atoms with Gasteiger partial charge in [-0.25, -0.2) is 4.79 Å². The van der Waals surface area contributed by atoms with E-state index in [2.05, 4.69) is 5.32 Å². The Morgan fingerprint density at radius 2 is 1.93 bits per heavy atom. The summed E-state index contributed by atoms with van der Waals surface area (Å²) >= 11 is 0. The number of nitrogens with one attached hydrogen (secondary N) is 1. The lowest BCUT2D eigenvalue weighted by Crippen LogP contribution is -2.46. The SMILES string of the molecule is CCCc1c(C(=O)NC(C(=O)OCc2ccccc2)C(C)C)ccc2c1B(O)OC2. The molecule has 0 fully saturated rings. The van der Waals surface area contributed by atoms with E-state index in [1.165, 1.54) is 0 Å². The van der Waals surface area contributed by atoms with E-state index in [9.17, 15) is 14.6 Å². The second-order valence-corrected chi connectivity index (χ2v) is 7.87. The van der Waals surface area contributed by atoms with Crippen molar-refractivity contribution < 1.29 is 24.0 Å². The third kappa shape index (κ3) is 4.91. The Labute approximate surface area is 177 Å². The molecular weight excluding hydrogens is 381 g/mol. The maximum Gasteiger partial charge on any atom is 0.492 e. The fourth-order valence-corrected chi connectivity index (χ4v) is 3.67. The molecule has 3 rings (SSSR count). The Balaban J connectivity index is 1.77. The standard InChI is InChI=1S/C23H28BNO5/c1-4-8-18-19(12-11-17-14-30-24(28)20(17)18)22(26)25-21(15(2)3)23(27)29-13-16-9-6-5-7-10-16/h5-7,9-12,15,21,28H,4,8,13-14H2,1-3H3,(H,25,26). The Kier molecular flexibility index (Phi) is 7.29. The van der Waals surface area contributed by atoms with Crippen LogP contribution in [0.2, 0.25) is 0 Å². The zero-order chi connectivity index (χ0) is 21.7. The van der Waals surface area contributed by atoms with Crippen molar-refractivity contribution in [3.63, 3.8) is 0 Å². The summed E-state index contributed by atoms with van der Waals surface area (Å²) in [6.07, 6.45) is 1.45. The first-order valence-corrected chi connectivity index (χ1v) is 10.4. The molecule has 0 radical (unpaired) electrons. The van der Waals surface area contributed by atoms with Gasteiger partial charge in [0.15, 0.2) is 0 Å². The van der Waals surface area contributed by atoms with Crippen LogP contribution in [0.1, 0.15) is 54.2 Å². The summed E-state index contributed by atoms with van der Waals surface area (Å²) in [4.78, 5) is 25.8. The first-order chi connectivity index (χ1) is 14.4. The van der Waals surface area contributed by atoms with Gasteiger partial charge in [-0.1, -0.05) is 63.6 Å². The molecule has 30 heavy (non-hydrogen) atoms. The smallest absolute Gasteiger partial charge is 0.459 e. The van der Waals surface area contributed by atoms with Gasteiger partial charge in [0, 0.05) is 5.56 Å². The minimum absolute atomic E-state index is 0.143. The Morgan fingerprint density at radius 3 is 2.60 bits per heavy atom. The number of benzene rings is 2. The zero-order valence-corrected chi connectivity index (χ0v) is 17.7. The lowest BCUT2D eigenvalue weighted by molar-refractivity contribution is -0.148. The van der Waals surface area contributed by atoms with Crippen LogP contribution in [0, 0.1) is 5.92 Å². The number of carbonyl (C=O) groups is 2. The van der Waals surface area contributed by atoms with Crippen molar-refractivity contribution in [2.75, 3.05) is 0 Å². The van der Waals surface area contributed by atoms with Crippen molar-refractivity contribution in [2.24, 2.45) is 5.92 Å². The van der Waals surface area contributed by atoms with Crippen LogP contribution < -0.4 is 10.8 Å². The summed E-state index contributed by atoms with van der Waals surface area (Å²) in [6.45, 7) is 6.23. The molecule has 0 saturated heterocycles. The molecule has 2 aromatic carbocycles. The van der Waals surface area contributed by atoms with Crippen LogP contribution in [0.15, 0.2) is 42.5 Å². The molecular formula is C23H28BNO5. The summed E-state index contributed by atoms with van der Waals surface area (Å²) in [6, 6.07) is 12.2. The zero-order valence-electron chi connectivity index (χ0n) is 17.7. The molecule has 6 nitrogen and oxygen atoms in total. The van der Waals surface area contributed by atoms with Gasteiger partial charge in [0.25, 0.3) is 5.91 Å². The van der Waals surface area contributed by atoms with E-state index in [-0.39, 0.29) is 18.4 Å². The molecule has 2 aromatic rings. The lowest BCUT2D eigenvalue weighted by atomic mass is 9.73. The molecule has 1 heterocycles. The molecule has 0 aliphatic carbocycles. The second kappa shape index (κ2) is 9.91. The number of hydrogen-bond acceptors (Lipinski definition) is 5. The van der Waals surface area contributed by atoms with Gasteiger partial charge in [0.05, 0.1) is 6.61 Å². The average molecular weight is 409 g/mol. The van der Waals surface area contributed by atoms with Crippen molar-refractivity contribution in [2.45, 2.75) is 52.9 Å². The van der Waals surface area contributed by atoms with Gasteiger partial charge in [-0.2, -0.15) is 0 Å². The van der Waals surface area contributed by atoms with Gasteiger partial charge in [0.2, 0.25) is 0 Å². The van der Waals surface area contributed by atoms with Crippen molar-refractivity contribution in [1.29, 1.82) is 0 Å². The molecule has 2 N–H and O–H groups in total. The van der Waals surface area contributed by atoms with Gasteiger partial charge in [-0.05, 0) is 40.6 Å². The predicted octanol–water partition coefficient (Wildman–Crippen LogP) is 2.35. The summed E-state index contributed by atoms with van der Waals surface area (Å²) in [5.74, 6) is -0.963. The van der Waals surface area contributed by atoms with E-state index >= 15 is 0 Å². The largest absolute Gasteiger partial charge is 0.492 e. The lowest BCUT2D eigenvalue weighted by Gasteiger charge is -2.22. The van der Waals surface area contributed by atoms with Gasteiger partial charge in [0.1, 0.15) is 12.6 Å². The molecule has 1 atom stereocenters. The van der Waals surface area contributed by atoms with E-state index in [0.29, 0.717) is 24.1 Å². The highest BCUT2D eigenvalue weighted by molar-refractivity contribution is 6.62. The average Bonchev–Trinajstić information content (AvgIpc) is 3.12. The number of hydrogen-bond donors (Lipinski definition) is 2. The van der Waals surface area contributed by atoms with Crippen LogP contribution >= 0.6 is 0 Å². The highest BCUT2D eigenvalue weighted by Crippen LogP contribution is 2.19. The van der Waals surface area contributed by atoms with Crippen molar-refractivity contribution in [3.05, 3.63) is 64.7 Å². The number of fused-ring (bicyclic) bond motifs is 1. The summed E-state index contributed by atoms with van der Waals surface area (Å²) in [7, 11) is -1.02. The topological polar surface area (TPSA) is 84.9 Å². The van der Waals surface area contributed by atoms with Crippen LogP contribution in [-0.4, -0.2) is 30.1 Å². The molecule has 0 spiro atoms. The van der Waals surface area contributed by atoms with Crippen LogP contribution in [-0.2, 0) is 33.8 Å². The maximum atomic E-state index is 13.1. The molecule has 1 unspecified atom stereocenters. The number of esters is 1. The van der Waals surface area contributed by atoms with E-state index < -0.39 is 19.1 Å². The van der Waals surface area contributed by atoms with Crippen LogP contribution in [0.3, 0.4) is 0 Å². The van der Waals surface area contributed by atoms with Gasteiger partial charge < -0.3 is 19.7 Å². The third-order valence-electron chi connectivity index (χ3n) is 5.27. The normalized spacial score (nSPS) is 13.8. The molecule has 158 valence electrons. The monoisotopic (exact) mass is 409 g/mol. The summed E-state index contributed by atoms with van der Waals surface area (Å²) in [5, 5.41) is 13.0. The summed E-state index contributed by atoms with van der Waals surface area (Å²) < 4.78 is 10.8. The number of rotatable bonds is 8. The third-order valence-corrected chi connectivity index (χ3v) is 5.27. The van der Waals surface area contributed by atoms with Crippen LogP contribution in [0.5, 0.6) is 0 Å². The molecule has 0 saturated carbocycles. The van der Waals surface area contributed by atoms with Gasteiger partial charge >= 0.3 is 13.1 Å². The van der Waals surface area contributed by atoms with Crippen LogP contribution in [0.4, 0.5) is 0 Å². The van der Waals surface area contributed by atoms with Gasteiger partial charge in [-0.15, -0.1) is 0 Å². The minimum atomic E-state index is -1.02. The van der Waals surface area contributed by atoms with Crippen molar-refractivity contribution in [1.82, 2.24) is 5.32 Å². The fourth-order valence-electron chi connectivity index (χ4n) is 3.67. The molecule has 1 amide bonds. The predicted molar refractivity (Wildman–Crippen MR) is 115 cm³/mol. The van der Waals surface area contributed by atoms with Gasteiger partial charge in [-0.3, -0.25) is 4.79 Å². The Morgan fingerprint density at radius 1 is 1.20 bits per heavy atom. The van der Waals surface area contributed by atoms with E-state index in [1.54, 1.807) is 12.1 Å². The number of carbonyl (C=O) groups excluding carboxylic acids is 2.